The highest BCUT2D eigenvalue weighted by molar-refractivity contribution is 9.10. The number of halogens is 1. The fourth-order valence-corrected chi connectivity index (χ4v) is 11.2. The van der Waals surface area contributed by atoms with Gasteiger partial charge in [-0.1, -0.05) is 63.5 Å². The van der Waals surface area contributed by atoms with Gasteiger partial charge in [0, 0.05) is 15.3 Å². The number of H-pyrrole nitrogens is 1. The maximum absolute atomic E-state index is 3.75. The van der Waals surface area contributed by atoms with Crippen molar-refractivity contribution in [3.8, 4) is 0 Å². The normalized spacial score (nSPS) is 13.1. The van der Waals surface area contributed by atoms with Gasteiger partial charge in [0.15, 0.2) is 0 Å². The van der Waals surface area contributed by atoms with Crippen LogP contribution in [0.3, 0.4) is 0 Å². The molecular weight excluding hydrogens is 326 g/mol. The van der Waals surface area contributed by atoms with E-state index in [0.29, 0.717) is 0 Å². The van der Waals surface area contributed by atoms with E-state index in [1.54, 1.807) is 0 Å². The van der Waals surface area contributed by atoms with Crippen molar-refractivity contribution in [1.82, 2.24) is 4.98 Å². The molecule has 0 saturated heterocycles. The summed E-state index contributed by atoms with van der Waals surface area (Å²) in [6, 6.07) is 8.94. The first-order valence-electron chi connectivity index (χ1n) is 7.58. The Morgan fingerprint density at radius 3 is 1.95 bits per heavy atom. The van der Waals surface area contributed by atoms with Crippen LogP contribution < -0.4 is 5.32 Å². The zero-order valence-electron chi connectivity index (χ0n) is 13.4. The largest absolute Gasteiger partial charge is 0.362 e. The van der Waals surface area contributed by atoms with Gasteiger partial charge in [0.25, 0.3) is 0 Å². The Balaban J connectivity index is 2.68. The SMILES string of the molecule is CC(C)[Si](c1cc2ccc(Br)cc2[nH]1)(C(C)C)C(C)C. The van der Waals surface area contributed by atoms with Crippen LogP contribution in [-0.2, 0) is 0 Å². The monoisotopic (exact) mass is 351 g/mol. The summed E-state index contributed by atoms with van der Waals surface area (Å²) in [5.41, 5.74) is 3.46. The molecule has 110 valence electrons. The predicted molar refractivity (Wildman–Crippen MR) is 96.7 cm³/mol. The smallest absolute Gasteiger partial charge is 0.115 e. The Hall–Kier alpha value is -0.543. The molecule has 1 N–H and O–H groups in total. The topological polar surface area (TPSA) is 15.8 Å². The van der Waals surface area contributed by atoms with Crippen molar-refractivity contribution < 1.29 is 0 Å². The average molecular weight is 352 g/mol. The molecule has 1 aromatic carbocycles. The predicted octanol–water partition coefficient (Wildman–Crippen LogP) is 5.82. The summed E-state index contributed by atoms with van der Waals surface area (Å²) in [4.78, 5) is 3.75. The number of hydrogen-bond acceptors (Lipinski definition) is 0. The molecule has 1 heterocycles. The van der Waals surface area contributed by atoms with Crippen molar-refractivity contribution in [2.75, 3.05) is 0 Å². The third kappa shape index (κ3) is 2.39. The number of hydrogen-bond donors (Lipinski definition) is 1. The van der Waals surface area contributed by atoms with Crippen LogP contribution in [0, 0.1) is 0 Å². The Morgan fingerprint density at radius 1 is 0.900 bits per heavy atom. The van der Waals surface area contributed by atoms with Gasteiger partial charge >= 0.3 is 0 Å². The van der Waals surface area contributed by atoms with E-state index in [9.17, 15) is 0 Å². The Morgan fingerprint density at radius 2 is 1.45 bits per heavy atom. The second-order valence-corrected chi connectivity index (χ2v) is 13.6. The van der Waals surface area contributed by atoms with Crippen molar-refractivity contribution in [2.45, 2.75) is 58.2 Å². The lowest BCUT2D eigenvalue weighted by Gasteiger charge is -2.42. The van der Waals surface area contributed by atoms with Crippen LogP contribution in [-0.4, -0.2) is 13.1 Å². The first-order valence-corrected chi connectivity index (χ1v) is 10.6. The van der Waals surface area contributed by atoms with E-state index < -0.39 is 8.07 Å². The highest BCUT2D eigenvalue weighted by atomic mass is 79.9. The quantitative estimate of drug-likeness (QED) is 0.668. The molecule has 0 unspecified atom stereocenters. The highest BCUT2D eigenvalue weighted by Crippen LogP contribution is 2.41. The molecular formula is C17H26BrNSi. The lowest BCUT2D eigenvalue weighted by atomic mass is 10.3. The fourth-order valence-electron chi connectivity index (χ4n) is 4.27. The Kier molecular flexibility index (Phi) is 4.50. The lowest BCUT2D eigenvalue weighted by Crippen LogP contribution is -2.56. The van der Waals surface area contributed by atoms with Gasteiger partial charge in [-0.05, 0) is 40.2 Å². The number of benzene rings is 1. The van der Waals surface area contributed by atoms with Crippen molar-refractivity contribution >= 4 is 40.2 Å². The van der Waals surface area contributed by atoms with Crippen molar-refractivity contribution in [1.29, 1.82) is 0 Å². The van der Waals surface area contributed by atoms with Crippen LogP contribution in [0.2, 0.25) is 16.6 Å². The zero-order valence-corrected chi connectivity index (χ0v) is 16.0. The van der Waals surface area contributed by atoms with E-state index in [-0.39, 0.29) is 0 Å². The van der Waals surface area contributed by atoms with Crippen LogP contribution in [0.5, 0.6) is 0 Å². The fraction of sp³-hybridized carbons (Fsp3) is 0.529. The molecule has 2 rings (SSSR count). The van der Waals surface area contributed by atoms with Crippen molar-refractivity contribution in [3.05, 3.63) is 28.7 Å². The molecule has 0 aliphatic rings. The number of rotatable bonds is 4. The number of nitrogens with one attached hydrogen (secondary N) is 1. The molecule has 20 heavy (non-hydrogen) atoms. The standard InChI is InChI=1S/C17H26BrNSi/c1-11(2)20(12(3)4,13(5)6)17-9-14-7-8-15(18)10-16(14)19-17/h7-13,19H,1-6H3. The minimum absolute atomic E-state index is 0.735. The van der Waals surface area contributed by atoms with Gasteiger partial charge in [-0.15, -0.1) is 0 Å². The summed E-state index contributed by atoms with van der Waals surface area (Å²) >= 11 is 3.57. The van der Waals surface area contributed by atoms with Crippen LogP contribution in [0.15, 0.2) is 28.7 Å². The first-order chi connectivity index (χ1) is 9.30. The summed E-state index contributed by atoms with van der Waals surface area (Å²) in [6.07, 6.45) is 0. The lowest BCUT2D eigenvalue weighted by molar-refractivity contribution is 0.832. The molecule has 1 nitrogen and oxygen atoms in total. The summed E-state index contributed by atoms with van der Waals surface area (Å²) < 4.78 is 1.14. The molecule has 0 bridgehead atoms. The van der Waals surface area contributed by atoms with Crippen LogP contribution in [0.4, 0.5) is 0 Å². The molecule has 1 aromatic heterocycles. The van der Waals surface area contributed by atoms with Crippen molar-refractivity contribution in [2.24, 2.45) is 0 Å². The van der Waals surface area contributed by atoms with E-state index in [0.717, 1.165) is 21.1 Å². The number of aromatic nitrogens is 1. The Bertz CT molecular complexity index is 576. The molecule has 0 aliphatic carbocycles. The van der Waals surface area contributed by atoms with Gasteiger partial charge in [-0.2, -0.15) is 0 Å². The van der Waals surface area contributed by atoms with Gasteiger partial charge in [-0.3, -0.25) is 0 Å². The van der Waals surface area contributed by atoms with Crippen molar-refractivity contribution in [3.63, 3.8) is 0 Å². The zero-order chi connectivity index (χ0) is 15.1. The maximum atomic E-state index is 3.75. The second-order valence-electron chi connectivity index (χ2n) is 6.81. The third-order valence-corrected chi connectivity index (χ3v) is 12.3. The summed E-state index contributed by atoms with van der Waals surface area (Å²) in [5.74, 6) is 0. The van der Waals surface area contributed by atoms with Gasteiger partial charge < -0.3 is 4.98 Å². The van der Waals surface area contributed by atoms with Gasteiger partial charge in [0.1, 0.15) is 8.07 Å². The van der Waals surface area contributed by atoms with Gasteiger partial charge in [-0.25, -0.2) is 0 Å². The molecule has 0 spiro atoms. The molecule has 0 atom stereocenters. The minimum Gasteiger partial charge on any atom is -0.362 e. The van der Waals surface area contributed by atoms with Crippen LogP contribution in [0.1, 0.15) is 41.5 Å². The molecule has 2 aromatic rings. The first kappa shape index (κ1) is 15.8. The molecule has 0 aliphatic heterocycles. The highest BCUT2D eigenvalue weighted by Gasteiger charge is 2.45. The Labute approximate surface area is 132 Å². The van der Waals surface area contributed by atoms with Crippen LogP contribution >= 0.6 is 15.9 Å². The van der Waals surface area contributed by atoms with E-state index in [1.165, 1.54) is 16.2 Å². The second kappa shape index (κ2) is 5.68. The summed E-state index contributed by atoms with van der Waals surface area (Å²) in [6.45, 7) is 14.5. The molecule has 3 heteroatoms. The van der Waals surface area contributed by atoms with Gasteiger partial charge in [0.2, 0.25) is 0 Å². The molecule has 0 amide bonds. The number of aromatic amines is 1. The molecule has 0 saturated carbocycles. The third-order valence-electron chi connectivity index (χ3n) is 4.92. The van der Waals surface area contributed by atoms with E-state index in [4.69, 9.17) is 0 Å². The van der Waals surface area contributed by atoms with Crippen LogP contribution in [0.25, 0.3) is 10.9 Å². The number of fused-ring (bicyclic) bond motifs is 1. The summed E-state index contributed by atoms with van der Waals surface area (Å²) in [5, 5.41) is 2.85. The minimum atomic E-state index is -1.58. The van der Waals surface area contributed by atoms with E-state index in [2.05, 4.69) is 86.7 Å². The average Bonchev–Trinajstić information content (AvgIpc) is 2.70. The molecule has 0 radical (unpaired) electrons. The van der Waals surface area contributed by atoms with E-state index >= 15 is 0 Å². The maximum Gasteiger partial charge on any atom is 0.115 e. The summed E-state index contributed by atoms with van der Waals surface area (Å²) in [7, 11) is -1.58. The molecule has 0 fully saturated rings. The van der Waals surface area contributed by atoms with Gasteiger partial charge in [0.05, 0.1) is 0 Å². The van der Waals surface area contributed by atoms with E-state index in [1.807, 2.05) is 0 Å².